The number of carbonyl (C=O) groups is 2. The van der Waals surface area contributed by atoms with Crippen LogP contribution in [0.2, 0.25) is 0 Å². The second-order valence-corrected chi connectivity index (χ2v) is 5.35. The molecule has 0 aliphatic rings. The third-order valence-electron chi connectivity index (χ3n) is 3.64. The molecule has 3 N–H and O–H groups in total. The fourth-order valence-corrected chi connectivity index (χ4v) is 2.43. The fourth-order valence-electron chi connectivity index (χ4n) is 2.43. The molecule has 0 spiro atoms. The summed E-state index contributed by atoms with van der Waals surface area (Å²) in [7, 11) is 0. The summed E-state index contributed by atoms with van der Waals surface area (Å²) in [5.41, 5.74) is 2.59. The molecule has 6 nitrogen and oxygen atoms in total. The SMILES string of the molecule is N#CO.O=C(Nc1cc(-c2ccccc2)ccc1C(=O)O)c1ccccc1. The second kappa shape index (κ2) is 9.39. The molecule has 3 aromatic carbocycles. The first-order valence-electron chi connectivity index (χ1n) is 7.89. The Labute approximate surface area is 156 Å². The third kappa shape index (κ3) is 5.18. The Balaban J connectivity index is 0.000000817. The zero-order chi connectivity index (χ0) is 19.6. The van der Waals surface area contributed by atoms with Crippen molar-refractivity contribution in [1.29, 1.82) is 5.26 Å². The van der Waals surface area contributed by atoms with Crippen molar-refractivity contribution < 1.29 is 19.8 Å². The van der Waals surface area contributed by atoms with Crippen molar-refractivity contribution in [2.75, 3.05) is 5.32 Å². The van der Waals surface area contributed by atoms with Gasteiger partial charge < -0.3 is 15.5 Å². The maximum Gasteiger partial charge on any atom is 0.337 e. The number of hydrogen-bond donors (Lipinski definition) is 3. The number of carbonyl (C=O) groups excluding carboxylic acids is 1. The van der Waals surface area contributed by atoms with Gasteiger partial charge in [-0.25, -0.2) is 4.79 Å². The minimum Gasteiger partial charge on any atom is -0.478 e. The Hall–Kier alpha value is -4.11. The van der Waals surface area contributed by atoms with Crippen molar-refractivity contribution in [2.45, 2.75) is 0 Å². The molecule has 134 valence electrons. The van der Waals surface area contributed by atoms with Crippen LogP contribution in [0.5, 0.6) is 0 Å². The molecule has 0 saturated heterocycles. The summed E-state index contributed by atoms with van der Waals surface area (Å²) in [4.78, 5) is 23.8. The first kappa shape index (κ1) is 19.2. The Morgan fingerprint density at radius 2 is 1.41 bits per heavy atom. The minimum absolute atomic E-state index is 0.0546. The van der Waals surface area contributed by atoms with Crippen LogP contribution in [-0.4, -0.2) is 22.1 Å². The molecule has 0 bridgehead atoms. The summed E-state index contributed by atoms with van der Waals surface area (Å²) < 4.78 is 0. The number of carboxylic acid groups (broad SMARTS) is 1. The molecule has 6 heteroatoms. The third-order valence-corrected chi connectivity index (χ3v) is 3.64. The van der Waals surface area contributed by atoms with Gasteiger partial charge in [0.15, 0.2) is 0 Å². The van der Waals surface area contributed by atoms with Gasteiger partial charge in [0, 0.05) is 5.56 Å². The number of hydrogen-bond acceptors (Lipinski definition) is 4. The van der Waals surface area contributed by atoms with Crippen molar-refractivity contribution in [1.82, 2.24) is 0 Å². The predicted octanol–water partition coefficient (Wildman–Crippen LogP) is 4.14. The summed E-state index contributed by atoms with van der Waals surface area (Å²) in [6.07, 6.45) is 0.750. The van der Waals surface area contributed by atoms with Gasteiger partial charge in [0.2, 0.25) is 0 Å². The van der Waals surface area contributed by atoms with Crippen molar-refractivity contribution in [3.05, 3.63) is 90.0 Å². The molecule has 0 aliphatic carbocycles. The molecule has 0 aromatic heterocycles. The average Bonchev–Trinajstić information content (AvgIpc) is 2.69. The number of nitriles is 1. The molecule has 0 saturated carbocycles. The van der Waals surface area contributed by atoms with Crippen LogP contribution >= 0.6 is 0 Å². The van der Waals surface area contributed by atoms with Crippen LogP contribution in [0.15, 0.2) is 78.9 Å². The van der Waals surface area contributed by atoms with Crippen LogP contribution in [0.4, 0.5) is 5.69 Å². The van der Waals surface area contributed by atoms with Crippen LogP contribution in [0.3, 0.4) is 0 Å². The number of nitrogens with zero attached hydrogens (tertiary/aromatic N) is 1. The van der Waals surface area contributed by atoms with Gasteiger partial charge in [-0.3, -0.25) is 4.79 Å². The maximum absolute atomic E-state index is 12.3. The molecular formula is C21H16N2O4. The van der Waals surface area contributed by atoms with Gasteiger partial charge in [0.1, 0.15) is 0 Å². The number of aliphatic hydroxyl groups is 1. The summed E-state index contributed by atoms with van der Waals surface area (Å²) in [5.74, 6) is -1.43. The van der Waals surface area contributed by atoms with Crippen LogP contribution in [0, 0.1) is 11.5 Å². The molecular weight excluding hydrogens is 344 g/mol. The number of aliphatic hydroxyl groups excluding tert-OH is 1. The highest BCUT2D eigenvalue weighted by atomic mass is 16.4. The van der Waals surface area contributed by atoms with Gasteiger partial charge >= 0.3 is 5.97 Å². The zero-order valence-electron chi connectivity index (χ0n) is 14.2. The lowest BCUT2D eigenvalue weighted by atomic mass is 10.0. The maximum atomic E-state index is 12.3. The van der Waals surface area contributed by atoms with Crippen LogP contribution in [0.1, 0.15) is 20.7 Å². The number of rotatable bonds is 4. The predicted molar refractivity (Wildman–Crippen MR) is 101 cm³/mol. The van der Waals surface area contributed by atoms with Gasteiger partial charge in [-0.15, -0.1) is 0 Å². The molecule has 3 aromatic rings. The van der Waals surface area contributed by atoms with E-state index >= 15 is 0 Å². The molecule has 0 aliphatic heterocycles. The largest absolute Gasteiger partial charge is 0.478 e. The van der Waals surface area contributed by atoms with Crippen LogP contribution in [0.25, 0.3) is 11.1 Å². The van der Waals surface area contributed by atoms with Crippen molar-refractivity contribution in [2.24, 2.45) is 0 Å². The van der Waals surface area contributed by atoms with E-state index in [1.807, 2.05) is 36.4 Å². The van der Waals surface area contributed by atoms with E-state index in [4.69, 9.17) is 10.4 Å². The molecule has 0 radical (unpaired) electrons. The molecule has 0 atom stereocenters. The minimum atomic E-state index is -1.09. The monoisotopic (exact) mass is 360 g/mol. The van der Waals surface area contributed by atoms with E-state index < -0.39 is 5.97 Å². The number of aromatic carboxylic acids is 1. The number of carboxylic acids is 1. The van der Waals surface area contributed by atoms with Crippen LogP contribution in [-0.2, 0) is 0 Å². The Morgan fingerprint density at radius 1 is 0.852 bits per heavy atom. The molecule has 27 heavy (non-hydrogen) atoms. The van der Waals surface area contributed by atoms with E-state index in [1.165, 1.54) is 6.07 Å². The summed E-state index contributed by atoms with van der Waals surface area (Å²) in [6.45, 7) is 0. The lowest BCUT2D eigenvalue weighted by molar-refractivity contribution is 0.0698. The van der Waals surface area contributed by atoms with Crippen LogP contribution < -0.4 is 5.32 Å². The Morgan fingerprint density at radius 3 is 1.96 bits per heavy atom. The van der Waals surface area contributed by atoms with Gasteiger partial charge in [0.25, 0.3) is 12.2 Å². The average molecular weight is 360 g/mol. The summed E-state index contributed by atoms with van der Waals surface area (Å²) in [6, 6.07) is 23.2. The molecule has 1 amide bonds. The summed E-state index contributed by atoms with van der Waals surface area (Å²) in [5, 5.41) is 25.8. The van der Waals surface area contributed by atoms with E-state index in [-0.39, 0.29) is 17.2 Å². The van der Waals surface area contributed by atoms with E-state index in [2.05, 4.69) is 5.32 Å². The highest BCUT2D eigenvalue weighted by molar-refractivity contribution is 6.08. The van der Waals surface area contributed by atoms with E-state index in [9.17, 15) is 14.7 Å². The summed E-state index contributed by atoms with van der Waals surface area (Å²) >= 11 is 0. The van der Waals surface area contributed by atoms with Crippen molar-refractivity contribution in [3.63, 3.8) is 0 Å². The molecule has 0 fully saturated rings. The fraction of sp³-hybridized carbons (Fsp3) is 0. The number of anilines is 1. The van der Waals surface area contributed by atoms with Gasteiger partial charge in [-0.2, -0.15) is 5.26 Å². The molecule has 3 rings (SSSR count). The van der Waals surface area contributed by atoms with Crippen molar-refractivity contribution in [3.8, 4) is 17.4 Å². The van der Waals surface area contributed by atoms with Gasteiger partial charge in [-0.1, -0.05) is 54.6 Å². The second-order valence-electron chi connectivity index (χ2n) is 5.35. The van der Waals surface area contributed by atoms with E-state index in [1.54, 1.807) is 36.4 Å². The number of nitrogens with one attached hydrogen (secondary N) is 1. The van der Waals surface area contributed by atoms with Gasteiger partial charge in [0.05, 0.1) is 11.3 Å². The lowest BCUT2D eigenvalue weighted by Gasteiger charge is -2.11. The topological polar surface area (TPSA) is 110 Å². The molecule has 0 unspecified atom stereocenters. The first-order chi connectivity index (χ1) is 13.1. The number of benzene rings is 3. The Kier molecular flexibility index (Phi) is 6.69. The molecule has 0 heterocycles. The highest BCUT2D eigenvalue weighted by Gasteiger charge is 2.14. The lowest BCUT2D eigenvalue weighted by Crippen LogP contribution is -2.14. The van der Waals surface area contributed by atoms with Gasteiger partial charge in [-0.05, 0) is 35.4 Å². The number of amides is 1. The quantitative estimate of drug-likeness (QED) is 0.606. The normalized spacial score (nSPS) is 9.30. The van der Waals surface area contributed by atoms with E-state index in [0.717, 1.165) is 17.4 Å². The Bertz CT molecular complexity index is 964. The zero-order valence-corrected chi connectivity index (χ0v) is 14.2. The smallest absolute Gasteiger partial charge is 0.337 e. The van der Waals surface area contributed by atoms with Crippen molar-refractivity contribution >= 4 is 17.6 Å². The standard InChI is InChI=1S/C20H15NO3.CHNO/c22-19(15-9-5-2-6-10-15)21-18-13-16(11-12-17(18)20(23)24)14-7-3-1-4-8-14;2-1-3/h1-13H,(H,21,22)(H,23,24);3H. The highest BCUT2D eigenvalue weighted by Crippen LogP contribution is 2.26. The van der Waals surface area contributed by atoms with E-state index in [0.29, 0.717) is 5.56 Å². The first-order valence-corrected chi connectivity index (χ1v) is 7.89.